The summed E-state index contributed by atoms with van der Waals surface area (Å²) in [7, 11) is 0. The summed E-state index contributed by atoms with van der Waals surface area (Å²) in [6, 6.07) is 9.70. The van der Waals surface area contributed by atoms with Gasteiger partial charge in [0.05, 0.1) is 23.0 Å². The number of benzene rings is 1. The van der Waals surface area contributed by atoms with Crippen molar-refractivity contribution in [1.29, 1.82) is 0 Å². The molecular weight excluding hydrogens is 362 g/mol. The first-order valence-corrected chi connectivity index (χ1v) is 10.5. The van der Waals surface area contributed by atoms with E-state index in [4.69, 9.17) is 4.98 Å². The molecule has 154 valence electrons. The van der Waals surface area contributed by atoms with Crippen LogP contribution >= 0.6 is 0 Å². The van der Waals surface area contributed by atoms with Gasteiger partial charge in [-0.05, 0) is 52.0 Å². The molecule has 1 amide bonds. The summed E-state index contributed by atoms with van der Waals surface area (Å²) < 4.78 is 1.94. The number of para-hydroxylation sites is 1. The molecule has 0 bridgehead atoms. The van der Waals surface area contributed by atoms with Gasteiger partial charge in [0.15, 0.2) is 0 Å². The van der Waals surface area contributed by atoms with Gasteiger partial charge >= 0.3 is 0 Å². The van der Waals surface area contributed by atoms with Crippen LogP contribution in [0.4, 0.5) is 0 Å². The quantitative estimate of drug-likeness (QED) is 0.560. The summed E-state index contributed by atoms with van der Waals surface area (Å²) in [5.41, 5.74) is 4.29. The molecule has 0 saturated heterocycles. The predicted molar refractivity (Wildman–Crippen MR) is 118 cm³/mol. The number of rotatable bonds is 9. The number of hydrogen-bond donors (Lipinski definition) is 1. The Bertz CT molecular complexity index is 975. The maximum atomic E-state index is 13.0. The van der Waals surface area contributed by atoms with E-state index in [1.54, 1.807) is 0 Å². The Morgan fingerprint density at radius 3 is 2.62 bits per heavy atom. The number of aromatic nitrogens is 3. The highest BCUT2D eigenvalue weighted by molar-refractivity contribution is 6.07. The molecule has 3 aromatic rings. The van der Waals surface area contributed by atoms with E-state index in [0.717, 1.165) is 60.5 Å². The van der Waals surface area contributed by atoms with E-state index in [9.17, 15) is 4.79 Å². The number of nitrogens with one attached hydrogen (secondary N) is 1. The number of carbonyl (C=O) groups excluding carboxylic acids is 1. The molecule has 6 nitrogen and oxygen atoms in total. The van der Waals surface area contributed by atoms with Gasteiger partial charge in [-0.2, -0.15) is 5.10 Å². The molecule has 0 radical (unpaired) electrons. The van der Waals surface area contributed by atoms with Gasteiger partial charge in [-0.3, -0.25) is 9.48 Å². The van der Waals surface area contributed by atoms with Crippen LogP contribution in [0.5, 0.6) is 0 Å². The Morgan fingerprint density at radius 1 is 1.17 bits per heavy atom. The summed E-state index contributed by atoms with van der Waals surface area (Å²) >= 11 is 0. The summed E-state index contributed by atoms with van der Waals surface area (Å²) in [4.78, 5) is 20.2. The molecule has 2 heterocycles. The van der Waals surface area contributed by atoms with Gasteiger partial charge in [-0.15, -0.1) is 0 Å². The van der Waals surface area contributed by atoms with E-state index in [1.165, 1.54) is 0 Å². The first-order valence-electron chi connectivity index (χ1n) is 10.5. The van der Waals surface area contributed by atoms with Crippen LogP contribution in [0.2, 0.25) is 0 Å². The van der Waals surface area contributed by atoms with Gasteiger partial charge in [0, 0.05) is 29.7 Å². The average molecular weight is 394 g/mol. The molecule has 0 atom stereocenters. The molecule has 0 spiro atoms. The van der Waals surface area contributed by atoms with Gasteiger partial charge in [0.2, 0.25) is 0 Å². The number of hydrogen-bond acceptors (Lipinski definition) is 4. The molecule has 3 rings (SSSR count). The Kier molecular flexibility index (Phi) is 6.99. The average Bonchev–Trinajstić information content (AvgIpc) is 3.13. The fourth-order valence-electron chi connectivity index (χ4n) is 3.66. The Hall–Kier alpha value is -2.73. The van der Waals surface area contributed by atoms with E-state index in [0.29, 0.717) is 12.1 Å². The molecule has 0 aliphatic rings. The number of nitrogens with zero attached hydrogens (tertiary/aromatic N) is 4. The minimum Gasteiger partial charge on any atom is -0.352 e. The van der Waals surface area contributed by atoms with Crippen molar-refractivity contribution in [3.63, 3.8) is 0 Å². The number of fused-ring (bicyclic) bond motifs is 1. The smallest absolute Gasteiger partial charge is 0.252 e. The van der Waals surface area contributed by atoms with Crippen molar-refractivity contribution in [3.8, 4) is 11.3 Å². The third-order valence-electron chi connectivity index (χ3n) is 5.47. The number of aryl methyl sites for hydroxylation is 1. The third kappa shape index (κ3) is 4.65. The molecule has 2 aromatic heterocycles. The van der Waals surface area contributed by atoms with Gasteiger partial charge in [0.25, 0.3) is 5.91 Å². The lowest BCUT2D eigenvalue weighted by Crippen LogP contribution is -2.30. The van der Waals surface area contributed by atoms with Crippen LogP contribution in [0.25, 0.3) is 22.2 Å². The largest absolute Gasteiger partial charge is 0.352 e. The van der Waals surface area contributed by atoms with E-state index < -0.39 is 0 Å². The molecule has 1 aromatic carbocycles. The third-order valence-corrected chi connectivity index (χ3v) is 5.47. The van der Waals surface area contributed by atoms with Crippen molar-refractivity contribution in [2.45, 2.75) is 40.7 Å². The fraction of sp³-hybridized carbons (Fsp3) is 0.435. The summed E-state index contributed by atoms with van der Waals surface area (Å²) in [5.74, 6) is -0.0510. The monoisotopic (exact) mass is 393 g/mol. The van der Waals surface area contributed by atoms with Crippen LogP contribution in [-0.4, -0.2) is 51.8 Å². The van der Waals surface area contributed by atoms with Crippen LogP contribution in [0, 0.1) is 6.92 Å². The van der Waals surface area contributed by atoms with Crippen molar-refractivity contribution in [2.75, 3.05) is 26.2 Å². The highest BCUT2D eigenvalue weighted by atomic mass is 16.1. The maximum Gasteiger partial charge on any atom is 0.252 e. The summed E-state index contributed by atoms with van der Waals surface area (Å²) in [5, 5.41) is 8.39. The number of amides is 1. The molecule has 0 unspecified atom stereocenters. The standard InChI is InChI=1S/C23H31N5O/c1-5-27(6-2)14-10-13-24-23(29)19-15-22(20-16-25-28(7-3)17(20)4)26-21-12-9-8-11-18(19)21/h8-9,11-12,15-16H,5-7,10,13-14H2,1-4H3,(H,24,29). The van der Waals surface area contributed by atoms with Gasteiger partial charge in [-0.25, -0.2) is 4.98 Å². The fourth-order valence-corrected chi connectivity index (χ4v) is 3.66. The highest BCUT2D eigenvalue weighted by Gasteiger charge is 2.16. The van der Waals surface area contributed by atoms with E-state index in [1.807, 2.05) is 48.1 Å². The lowest BCUT2D eigenvalue weighted by Gasteiger charge is -2.17. The van der Waals surface area contributed by atoms with E-state index in [2.05, 4.69) is 36.1 Å². The topological polar surface area (TPSA) is 63.1 Å². The minimum absolute atomic E-state index is 0.0510. The van der Waals surface area contributed by atoms with E-state index >= 15 is 0 Å². The van der Waals surface area contributed by atoms with Crippen molar-refractivity contribution < 1.29 is 4.79 Å². The van der Waals surface area contributed by atoms with Gasteiger partial charge < -0.3 is 10.2 Å². The molecule has 0 saturated carbocycles. The lowest BCUT2D eigenvalue weighted by atomic mass is 10.0. The van der Waals surface area contributed by atoms with Crippen LogP contribution in [-0.2, 0) is 6.54 Å². The first kappa shape index (κ1) is 21.0. The normalized spacial score (nSPS) is 11.3. The predicted octanol–water partition coefficient (Wildman–Crippen LogP) is 3.89. The zero-order chi connectivity index (χ0) is 20.8. The van der Waals surface area contributed by atoms with Crippen molar-refractivity contribution >= 4 is 16.8 Å². The Labute approximate surface area is 172 Å². The second kappa shape index (κ2) is 9.65. The van der Waals surface area contributed by atoms with Crippen LogP contribution in [0.3, 0.4) is 0 Å². The molecular formula is C23H31N5O. The van der Waals surface area contributed by atoms with Crippen LogP contribution < -0.4 is 5.32 Å². The molecule has 6 heteroatoms. The highest BCUT2D eigenvalue weighted by Crippen LogP contribution is 2.27. The van der Waals surface area contributed by atoms with Crippen LogP contribution in [0.15, 0.2) is 36.5 Å². The second-order valence-electron chi connectivity index (χ2n) is 7.17. The molecule has 0 aliphatic carbocycles. The Morgan fingerprint density at radius 2 is 1.93 bits per heavy atom. The van der Waals surface area contributed by atoms with Gasteiger partial charge in [-0.1, -0.05) is 32.0 Å². The maximum absolute atomic E-state index is 13.0. The number of carbonyl (C=O) groups is 1. The molecule has 1 N–H and O–H groups in total. The minimum atomic E-state index is -0.0510. The van der Waals surface area contributed by atoms with Crippen molar-refractivity contribution in [1.82, 2.24) is 25.0 Å². The lowest BCUT2D eigenvalue weighted by molar-refractivity contribution is 0.0953. The van der Waals surface area contributed by atoms with Crippen molar-refractivity contribution in [3.05, 3.63) is 47.8 Å². The second-order valence-corrected chi connectivity index (χ2v) is 7.17. The van der Waals surface area contributed by atoms with Crippen LogP contribution in [0.1, 0.15) is 43.2 Å². The Balaban J connectivity index is 1.86. The number of pyridine rings is 1. The first-order chi connectivity index (χ1) is 14.1. The zero-order valence-corrected chi connectivity index (χ0v) is 17.9. The molecule has 0 fully saturated rings. The zero-order valence-electron chi connectivity index (χ0n) is 17.9. The van der Waals surface area contributed by atoms with Crippen molar-refractivity contribution in [2.24, 2.45) is 0 Å². The van der Waals surface area contributed by atoms with E-state index in [-0.39, 0.29) is 5.91 Å². The van der Waals surface area contributed by atoms with Gasteiger partial charge in [0.1, 0.15) is 0 Å². The molecule has 29 heavy (non-hydrogen) atoms. The summed E-state index contributed by atoms with van der Waals surface area (Å²) in [6.45, 7) is 13.0. The summed E-state index contributed by atoms with van der Waals surface area (Å²) in [6.07, 6.45) is 2.77. The molecule has 0 aliphatic heterocycles. The SMILES string of the molecule is CCN(CC)CCCNC(=O)c1cc(-c2cnn(CC)c2C)nc2ccccc12.